The Labute approximate surface area is 114 Å². The van der Waals surface area contributed by atoms with Gasteiger partial charge in [0.05, 0.1) is 10.6 Å². The lowest BCUT2D eigenvalue weighted by molar-refractivity contribution is -0.137. The number of alkyl halides is 3. The molecular formula is C11H5ClF4N2S. The lowest BCUT2D eigenvalue weighted by atomic mass is 10.3. The highest BCUT2D eigenvalue weighted by Gasteiger charge is 2.30. The maximum absolute atomic E-state index is 13.4. The summed E-state index contributed by atoms with van der Waals surface area (Å²) in [6.45, 7) is 0. The van der Waals surface area contributed by atoms with E-state index in [1.54, 1.807) is 0 Å². The fraction of sp³-hybridized carbons (Fsp3) is 0.0909. The van der Waals surface area contributed by atoms with E-state index in [2.05, 4.69) is 9.97 Å². The Kier molecular flexibility index (Phi) is 3.96. The summed E-state index contributed by atoms with van der Waals surface area (Å²) in [7, 11) is 0. The normalized spacial score (nSPS) is 11.6. The van der Waals surface area contributed by atoms with Crippen LogP contribution in [0.25, 0.3) is 0 Å². The van der Waals surface area contributed by atoms with E-state index in [-0.39, 0.29) is 15.1 Å². The van der Waals surface area contributed by atoms with Crippen LogP contribution in [0.4, 0.5) is 17.6 Å². The minimum atomic E-state index is -4.44. The van der Waals surface area contributed by atoms with Crippen molar-refractivity contribution in [1.29, 1.82) is 0 Å². The summed E-state index contributed by atoms with van der Waals surface area (Å²) in [4.78, 5) is 7.35. The third-order valence-electron chi connectivity index (χ3n) is 2.04. The summed E-state index contributed by atoms with van der Waals surface area (Å²) < 4.78 is 50.4. The van der Waals surface area contributed by atoms with E-state index in [9.17, 15) is 17.6 Å². The molecule has 0 atom stereocenters. The summed E-state index contributed by atoms with van der Waals surface area (Å²) in [6.07, 6.45) is -2.51. The molecule has 2 heterocycles. The fourth-order valence-electron chi connectivity index (χ4n) is 1.18. The highest BCUT2D eigenvalue weighted by molar-refractivity contribution is 7.99. The molecular weight excluding hydrogens is 304 g/mol. The molecule has 0 saturated carbocycles. The van der Waals surface area contributed by atoms with Gasteiger partial charge in [-0.3, -0.25) is 0 Å². The van der Waals surface area contributed by atoms with Crippen LogP contribution >= 0.6 is 23.4 Å². The van der Waals surface area contributed by atoms with Crippen molar-refractivity contribution in [2.75, 3.05) is 0 Å². The zero-order chi connectivity index (χ0) is 14.0. The van der Waals surface area contributed by atoms with Gasteiger partial charge in [0.1, 0.15) is 10.1 Å². The predicted molar refractivity (Wildman–Crippen MR) is 62.6 cm³/mol. The standard InChI is InChI=1S/C11H5ClF4N2S/c12-7-3-8(13)10(18-5-7)19-9-2-1-6(4-17-9)11(14,15)16/h1-5H. The molecule has 19 heavy (non-hydrogen) atoms. The largest absolute Gasteiger partial charge is 0.417 e. The van der Waals surface area contributed by atoms with Gasteiger partial charge < -0.3 is 0 Å². The Hall–Kier alpha value is -1.34. The maximum atomic E-state index is 13.4. The third-order valence-corrected chi connectivity index (χ3v) is 3.19. The molecule has 0 aliphatic carbocycles. The summed E-state index contributed by atoms with van der Waals surface area (Å²) in [6, 6.07) is 3.10. The van der Waals surface area contributed by atoms with Crippen molar-refractivity contribution in [1.82, 2.24) is 9.97 Å². The van der Waals surface area contributed by atoms with Crippen molar-refractivity contribution in [3.63, 3.8) is 0 Å². The van der Waals surface area contributed by atoms with Gasteiger partial charge in [-0.25, -0.2) is 14.4 Å². The van der Waals surface area contributed by atoms with Gasteiger partial charge in [-0.05, 0) is 30.0 Å². The summed E-state index contributed by atoms with van der Waals surface area (Å²) in [5.74, 6) is -0.654. The molecule has 0 radical (unpaired) electrons. The molecule has 100 valence electrons. The van der Waals surface area contributed by atoms with E-state index in [0.29, 0.717) is 6.20 Å². The average molecular weight is 309 g/mol. The summed E-state index contributed by atoms with van der Waals surface area (Å²) in [5.41, 5.74) is -0.860. The first-order valence-electron chi connectivity index (χ1n) is 4.88. The monoisotopic (exact) mass is 308 g/mol. The van der Waals surface area contributed by atoms with Crippen molar-refractivity contribution in [3.8, 4) is 0 Å². The lowest BCUT2D eigenvalue weighted by Gasteiger charge is -2.06. The number of halogens is 5. The van der Waals surface area contributed by atoms with Gasteiger partial charge in [-0.2, -0.15) is 13.2 Å². The van der Waals surface area contributed by atoms with Gasteiger partial charge in [0, 0.05) is 12.4 Å². The number of hydrogen-bond acceptors (Lipinski definition) is 3. The number of nitrogens with zero attached hydrogens (tertiary/aromatic N) is 2. The van der Waals surface area contributed by atoms with E-state index in [4.69, 9.17) is 11.6 Å². The molecule has 2 rings (SSSR count). The number of pyridine rings is 2. The van der Waals surface area contributed by atoms with E-state index in [1.807, 2.05) is 0 Å². The molecule has 2 aromatic rings. The quantitative estimate of drug-likeness (QED) is 0.767. The lowest BCUT2D eigenvalue weighted by Crippen LogP contribution is -2.05. The highest BCUT2D eigenvalue weighted by atomic mass is 35.5. The van der Waals surface area contributed by atoms with Crippen LogP contribution in [-0.2, 0) is 6.18 Å². The van der Waals surface area contributed by atoms with Crippen LogP contribution in [0.5, 0.6) is 0 Å². The van der Waals surface area contributed by atoms with Crippen molar-refractivity contribution < 1.29 is 17.6 Å². The Morgan fingerprint density at radius 2 is 1.84 bits per heavy atom. The first kappa shape index (κ1) is 14.1. The van der Waals surface area contributed by atoms with Crippen LogP contribution in [0.2, 0.25) is 5.02 Å². The number of hydrogen-bond donors (Lipinski definition) is 0. The zero-order valence-electron chi connectivity index (χ0n) is 9.08. The van der Waals surface area contributed by atoms with E-state index < -0.39 is 17.6 Å². The second-order valence-corrected chi connectivity index (χ2v) is 4.87. The molecule has 0 aliphatic heterocycles. The molecule has 0 amide bonds. The first-order valence-corrected chi connectivity index (χ1v) is 6.08. The second kappa shape index (κ2) is 5.34. The predicted octanol–water partition coefficient (Wildman–Crippen LogP) is 4.44. The third kappa shape index (κ3) is 3.57. The van der Waals surface area contributed by atoms with E-state index in [0.717, 1.165) is 30.0 Å². The van der Waals surface area contributed by atoms with Crippen LogP contribution in [0.1, 0.15) is 5.56 Å². The van der Waals surface area contributed by atoms with Gasteiger partial charge in [-0.15, -0.1) is 0 Å². The topological polar surface area (TPSA) is 25.8 Å². The molecule has 0 spiro atoms. The molecule has 0 unspecified atom stereocenters. The van der Waals surface area contributed by atoms with E-state index >= 15 is 0 Å². The molecule has 8 heteroatoms. The van der Waals surface area contributed by atoms with Gasteiger partial charge in [0.25, 0.3) is 0 Å². The molecule has 0 aliphatic rings. The second-order valence-electron chi connectivity index (χ2n) is 3.43. The van der Waals surface area contributed by atoms with Crippen molar-refractivity contribution >= 4 is 23.4 Å². The van der Waals surface area contributed by atoms with Crippen LogP contribution in [0.15, 0.2) is 40.6 Å². The number of rotatable bonds is 2. The van der Waals surface area contributed by atoms with Crippen LogP contribution in [0.3, 0.4) is 0 Å². The van der Waals surface area contributed by atoms with Gasteiger partial charge in [-0.1, -0.05) is 11.6 Å². The minimum absolute atomic E-state index is 0.00309. The van der Waals surface area contributed by atoms with Crippen LogP contribution < -0.4 is 0 Å². The van der Waals surface area contributed by atoms with Crippen molar-refractivity contribution in [2.45, 2.75) is 16.2 Å². The Morgan fingerprint density at radius 3 is 2.37 bits per heavy atom. The Bertz CT molecular complexity index is 586. The van der Waals surface area contributed by atoms with Gasteiger partial charge >= 0.3 is 6.18 Å². The van der Waals surface area contributed by atoms with Gasteiger partial charge in [0.2, 0.25) is 0 Å². The van der Waals surface area contributed by atoms with Gasteiger partial charge in [0.15, 0.2) is 5.82 Å². The van der Waals surface area contributed by atoms with Crippen LogP contribution in [-0.4, -0.2) is 9.97 Å². The Balaban J connectivity index is 2.20. The SMILES string of the molecule is Fc1cc(Cl)cnc1Sc1ccc(C(F)(F)F)cn1. The molecule has 0 aromatic carbocycles. The van der Waals surface area contributed by atoms with E-state index in [1.165, 1.54) is 6.20 Å². The molecule has 2 aromatic heterocycles. The molecule has 0 saturated heterocycles. The molecule has 0 bridgehead atoms. The fourth-order valence-corrected chi connectivity index (χ4v) is 2.03. The first-order chi connectivity index (χ1) is 8.86. The number of aromatic nitrogens is 2. The van der Waals surface area contributed by atoms with Crippen molar-refractivity contribution in [2.24, 2.45) is 0 Å². The average Bonchev–Trinajstić information content (AvgIpc) is 2.32. The zero-order valence-corrected chi connectivity index (χ0v) is 10.7. The Morgan fingerprint density at radius 1 is 1.11 bits per heavy atom. The highest BCUT2D eigenvalue weighted by Crippen LogP contribution is 2.31. The maximum Gasteiger partial charge on any atom is 0.417 e. The molecule has 0 N–H and O–H groups in total. The molecule has 2 nitrogen and oxygen atoms in total. The van der Waals surface area contributed by atoms with Crippen molar-refractivity contribution in [3.05, 3.63) is 47.0 Å². The van der Waals surface area contributed by atoms with Crippen LogP contribution in [0, 0.1) is 5.82 Å². The minimum Gasteiger partial charge on any atom is -0.249 e. The summed E-state index contributed by atoms with van der Waals surface area (Å²) >= 11 is 6.36. The summed E-state index contributed by atoms with van der Waals surface area (Å²) in [5, 5.41) is 0.348. The molecule has 0 fully saturated rings. The smallest absolute Gasteiger partial charge is 0.249 e.